The molecule has 5 heteroatoms. The first kappa shape index (κ1) is 18.0. The van der Waals surface area contributed by atoms with Crippen molar-refractivity contribution in [3.63, 3.8) is 0 Å². The summed E-state index contributed by atoms with van der Waals surface area (Å²) in [5.74, 6) is 0.673. The van der Waals surface area contributed by atoms with E-state index < -0.39 is 0 Å². The Morgan fingerprint density at radius 1 is 0.808 bits per heavy atom. The Hall–Kier alpha value is -2.82. The lowest BCUT2D eigenvalue weighted by Crippen LogP contribution is -2.50. The van der Waals surface area contributed by atoms with E-state index in [2.05, 4.69) is 6.07 Å². The van der Waals surface area contributed by atoms with Crippen LogP contribution in [-0.4, -0.2) is 54.9 Å². The van der Waals surface area contributed by atoms with Crippen LogP contribution < -0.4 is 4.74 Å². The predicted molar refractivity (Wildman–Crippen MR) is 101 cm³/mol. The molecule has 0 aliphatic carbocycles. The summed E-state index contributed by atoms with van der Waals surface area (Å²) in [6.07, 6.45) is 0. The van der Waals surface area contributed by atoms with Crippen LogP contribution >= 0.6 is 0 Å². The van der Waals surface area contributed by atoms with Crippen molar-refractivity contribution in [3.05, 3.63) is 64.7 Å². The minimum atomic E-state index is -0.0256. The predicted octanol–water partition coefficient (Wildman–Crippen LogP) is 2.91. The Bertz CT molecular complexity index is 804. The molecule has 0 saturated carbocycles. The highest BCUT2D eigenvalue weighted by molar-refractivity contribution is 5.96. The van der Waals surface area contributed by atoms with Crippen LogP contribution in [0.4, 0.5) is 0 Å². The second kappa shape index (κ2) is 7.60. The van der Waals surface area contributed by atoms with Gasteiger partial charge in [0.15, 0.2) is 0 Å². The van der Waals surface area contributed by atoms with Crippen LogP contribution in [0, 0.1) is 13.8 Å². The summed E-state index contributed by atoms with van der Waals surface area (Å²) in [6.45, 7) is 6.14. The van der Waals surface area contributed by atoms with Crippen LogP contribution in [0.25, 0.3) is 0 Å². The molecule has 1 fully saturated rings. The van der Waals surface area contributed by atoms with Crippen molar-refractivity contribution < 1.29 is 14.3 Å². The third-order valence-corrected chi connectivity index (χ3v) is 4.64. The molecule has 2 aromatic carbocycles. The van der Waals surface area contributed by atoms with Gasteiger partial charge in [-0.3, -0.25) is 9.59 Å². The lowest BCUT2D eigenvalue weighted by molar-refractivity contribution is 0.0535. The average molecular weight is 352 g/mol. The van der Waals surface area contributed by atoms with Gasteiger partial charge in [0.2, 0.25) is 0 Å². The maximum absolute atomic E-state index is 12.7. The van der Waals surface area contributed by atoms with E-state index in [0.717, 1.165) is 16.7 Å². The number of amides is 2. The topological polar surface area (TPSA) is 49.9 Å². The van der Waals surface area contributed by atoms with Gasteiger partial charge in [-0.2, -0.15) is 0 Å². The number of methoxy groups -OCH3 is 1. The third-order valence-electron chi connectivity index (χ3n) is 4.64. The van der Waals surface area contributed by atoms with Crippen molar-refractivity contribution in [2.45, 2.75) is 13.8 Å². The van der Waals surface area contributed by atoms with Crippen LogP contribution in [-0.2, 0) is 0 Å². The molecular weight excluding hydrogens is 328 g/mol. The summed E-state index contributed by atoms with van der Waals surface area (Å²) in [5.41, 5.74) is 3.49. The molecule has 136 valence electrons. The number of carbonyl (C=O) groups excluding carboxylic acids is 2. The fourth-order valence-electron chi connectivity index (χ4n) is 3.33. The molecule has 26 heavy (non-hydrogen) atoms. The highest BCUT2D eigenvalue weighted by Gasteiger charge is 2.25. The minimum Gasteiger partial charge on any atom is -0.497 e. The largest absolute Gasteiger partial charge is 0.497 e. The molecule has 0 aromatic heterocycles. The summed E-state index contributed by atoms with van der Waals surface area (Å²) < 4.78 is 5.19. The van der Waals surface area contributed by atoms with Crippen molar-refractivity contribution in [1.29, 1.82) is 0 Å². The summed E-state index contributed by atoms with van der Waals surface area (Å²) in [7, 11) is 1.58. The Morgan fingerprint density at radius 3 is 1.88 bits per heavy atom. The van der Waals surface area contributed by atoms with Crippen molar-refractivity contribution in [2.75, 3.05) is 33.3 Å². The molecule has 0 N–H and O–H groups in total. The maximum atomic E-state index is 12.7. The molecule has 0 unspecified atom stereocenters. The minimum absolute atomic E-state index is 0.0256. The van der Waals surface area contributed by atoms with Gasteiger partial charge < -0.3 is 14.5 Å². The van der Waals surface area contributed by atoms with E-state index in [1.54, 1.807) is 24.1 Å². The van der Waals surface area contributed by atoms with Crippen molar-refractivity contribution in [2.24, 2.45) is 0 Å². The number of carbonyl (C=O) groups is 2. The SMILES string of the molecule is COc1cccc(C(=O)N2CCN(C(=O)c3cc(C)cc(C)c3)CC2)c1. The Labute approximate surface area is 154 Å². The van der Waals surface area contributed by atoms with Gasteiger partial charge in [0.25, 0.3) is 11.8 Å². The second-order valence-electron chi connectivity index (χ2n) is 6.69. The summed E-state index contributed by atoms with van der Waals surface area (Å²) in [5, 5.41) is 0. The molecule has 0 spiro atoms. The molecule has 1 aliphatic heterocycles. The van der Waals surface area contributed by atoms with E-state index in [4.69, 9.17) is 4.74 Å². The van der Waals surface area contributed by atoms with Crippen molar-refractivity contribution >= 4 is 11.8 Å². The van der Waals surface area contributed by atoms with E-state index in [-0.39, 0.29) is 11.8 Å². The molecule has 0 bridgehead atoms. The smallest absolute Gasteiger partial charge is 0.254 e. The average Bonchev–Trinajstić information content (AvgIpc) is 2.66. The highest BCUT2D eigenvalue weighted by Crippen LogP contribution is 2.17. The summed E-state index contributed by atoms with van der Waals surface area (Å²) >= 11 is 0. The number of hydrogen-bond acceptors (Lipinski definition) is 3. The standard InChI is InChI=1S/C21H24N2O3/c1-15-11-16(2)13-18(12-15)21(25)23-9-7-22(8-10-23)20(24)17-5-4-6-19(14-17)26-3/h4-6,11-14H,7-10H2,1-3H3. The number of rotatable bonds is 3. The first-order chi connectivity index (χ1) is 12.5. The van der Waals surface area contributed by atoms with Crippen LogP contribution in [0.15, 0.2) is 42.5 Å². The van der Waals surface area contributed by atoms with Gasteiger partial charge in [0.1, 0.15) is 5.75 Å². The molecule has 2 amide bonds. The number of ether oxygens (including phenoxy) is 1. The van der Waals surface area contributed by atoms with E-state index in [1.807, 2.05) is 43.0 Å². The zero-order valence-corrected chi connectivity index (χ0v) is 15.5. The molecule has 0 atom stereocenters. The van der Waals surface area contributed by atoms with Crippen molar-refractivity contribution in [3.8, 4) is 5.75 Å². The van der Waals surface area contributed by atoms with Gasteiger partial charge in [-0.15, -0.1) is 0 Å². The van der Waals surface area contributed by atoms with Crippen LogP contribution in [0.3, 0.4) is 0 Å². The molecule has 3 rings (SSSR count). The zero-order chi connectivity index (χ0) is 18.7. The first-order valence-corrected chi connectivity index (χ1v) is 8.79. The fourth-order valence-corrected chi connectivity index (χ4v) is 3.33. The van der Waals surface area contributed by atoms with E-state index in [0.29, 0.717) is 37.5 Å². The third kappa shape index (κ3) is 3.87. The number of benzene rings is 2. The van der Waals surface area contributed by atoms with E-state index in [1.165, 1.54) is 0 Å². The first-order valence-electron chi connectivity index (χ1n) is 8.79. The lowest BCUT2D eigenvalue weighted by Gasteiger charge is -2.35. The van der Waals surface area contributed by atoms with Gasteiger partial charge in [0.05, 0.1) is 7.11 Å². The van der Waals surface area contributed by atoms with Gasteiger partial charge >= 0.3 is 0 Å². The van der Waals surface area contributed by atoms with Gasteiger partial charge in [-0.1, -0.05) is 23.3 Å². The van der Waals surface area contributed by atoms with Crippen LogP contribution in [0.1, 0.15) is 31.8 Å². The quantitative estimate of drug-likeness (QED) is 0.853. The second-order valence-corrected chi connectivity index (χ2v) is 6.69. The molecule has 1 saturated heterocycles. The molecule has 0 radical (unpaired) electrons. The molecule has 1 aliphatic rings. The molecule has 2 aromatic rings. The molecular formula is C21H24N2O3. The number of nitrogens with zero attached hydrogens (tertiary/aromatic N) is 2. The monoisotopic (exact) mass is 352 g/mol. The Kier molecular flexibility index (Phi) is 5.26. The Balaban J connectivity index is 1.65. The number of hydrogen-bond donors (Lipinski definition) is 0. The van der Waals surface area contributed by atoms with Crippen molar-refractivity contribution in [1.82, 2.24) is 9.80 Å². The van der Waals surface area contributed by atoms with E-state index >= 15 is 0 Å². The van der Waals surface area contributed by atoms with Gasteiger partial charge in [-0.25, -0.2) is 0 Å². The Morgan fingerprint density at radius 2 is 1.35 bits per heavy atom. The molecule has 5 nitrogen and oxygen atoms in total. The number of piperazine rings is 1. The van der Waals surface area contributed by atoms with Crippen LogP contribution in [0.5, 0.6) is 5.75 Å². The normalized spacial score (nSPS) is 14.3. The lowest BCUT2D eigenvalue weighted by atomic mass is 10.1. The summed E-state index contributed by atoms with van der Waals surface area (Å²) in [6, 6.07) is 13.1. The molecule has 1 heterocycles. The summed E-state index contributed by atoms with van der Waals surface area (Å²) in [4.78, 5) is 29.0. The maximum Gasteiger partial charge on any atom is 0.254 e. The van der Waals surface area contributed by atoms with Crippen LogP contribution in [0.2, 0.25) is 0 Å². The fraction of sp³-hybridized carbons (Fsp3) is 0.333. The van der Waals surface area contributed by atoms with E-state index in [9.17, 15) is 9.59 Å². The zero-order valence-electron chi connectivity index (χ0n) is 15.5. The van der Waals surface area contributed by atoms with Gasteiger partial charge in [0, 0.05) is 37.3 Å². The number of aryl methyl sites for hydroxylation is 2. The highest BCUT2D eigenvalue weighted by atomic mass is 16.5. The van der Waals surface area contributed by atoms with Gasteiger partial charge in [-0.05, 0) is 44.2 Å².